The zero-order chi connectivity index (χ0) is 30.6. The van der Waals surface area contributed by atoms with Gasteiger partial charge in [0.2, 0.25) is 0 Å². The fraction of sp³-hybridized carbons (Fsp3) is 0.100. The van der Waals surface area contributed by atoms with Gasteiger partial charge in [-0.05, 0) is 47.7 Å². The molecule has 0 atom stereocenters. The molecule has 0 nitrogen and oxygen atoms in total. The molecule has 0 N–H and O–H groups in total. The molecule has 0 radical (unpaired) electrons. The Balaban J connectivity index is 1.52. The maximum Gasteiger partial charge on any atom is 0.0800 e. The van der Waals surface area contributed by atoms with Gasteiger partial charge in [0.1, 0.15) is 0 Å². The molecule has 0 spiro atoms. The van der Waals surface area contributed by atoms with Crippen LogP contribution in [0.2, 0.25) is 26.2 Å². The van der Waals surface area contributed by atoms with E-state index < -0.39 is 31.0 Å². The van der Waals surface area contributed by atoms with Crippen LogP contribution < -0.4 is 42.2 Å². The van der Waals surface area contributed by atoms with Crippen LogP contribution in [0.1, 0.15) is 0 Å². The molecule has 44 heavy (non-hydrogen) atoms. The summed E-state index contributed by atoms with van der Waals surface area (Å²) in [5, 5.41) is 12.0. The van der Waals surface area contributed by atoms with Crippen molar-refractivity contribution in [1.29, 1.82) is 0 Å². The van der Waals surface area contributed by atoms with Crippen molar-refractivity contribution in [2.45, 2.75) is 26.2 Å². The smallest absolute Gasteiger partial charge is 0.0671 e. The highest BCUT2D eigenvalue weighted by molar-refractivity contribution is 7.81. The molecule has 218 valence electrons. The molecule has 0 aromatic heterocycles. The first-order valence-corrected chi connectivity index (χ1v) is 25.1. The van der Waals surface area contributed by atoms with Gasteiger partial charge in [0, 0.05) is 0 Å². The lowest BCUT2D eigenvalue weighted by molar-refractivity contribution is 1.71. The van der Waals surface area contributed by atoms with Crippen LogP contribution >= 0.6 is 15.8 Å². The molecule has 0 unspecified atom stereocenters. The molecule has 6 aromatic rings. The average Bonchev–Trinajstić information content (AvgIpc) is 3.07. The minimum absolute atomic E-state index is 0.679. The minimum Gasteiger partial charge on any atom is -0.0671 e. The van der Waals surface area contributed by atoms with Crippen molar-refractivity contribution < 1.29 is 0 Å². The predicted octanol–water partition coefficient (Wildman–Crippen LogP) is 6.81. The van der Waals surface area contributed by atoms with E-state index in [0.29, 0.717) is 0 Å². The van der Waals surface area contributed by atoms with Crippen LogP contribution in [0.25, 0.3) is 0 Å². The lowest BCUT2D eigenvalue weighted by atomic mass is 10.3. The highest BCUT2D eigenvalue weighted by Gasteiger charge is 2.47. The van der Waals surface area contributed by atoms with Gasteiger partial charge < -0.3 is 0 Å². The van der Waals surface area contributed by atoms with Crippen molar-refractivity contribution in [1.82, 2.24) is 0 Å². The van der Waals surface area contributed by atoms with Crippen LogP contribution in [-0.4, -0.2) is 15.2 Å². The monoisotopic (exact) mass is 638 g/mol. The van der Waals surface area contributed by atoms with E-state index in [4.69, 9.17) is 0 Å². The van der Waals surface area contributed by atoms with Gasteiger partial charge in [-0.25, -0.2) is 0 Å². The summed E-state index contributed by atoms with van der Waals surface area (Å²) >= 11 is 0. The van der Waals surface area contributed by atoms with Crippen molar-refractivity contribution in [2.24, 2.45) is 0 Å². The standard InChI is InChI=1S/C40H40P2Si2/c1-43(2,39-31-19-17-29-37(39)41(33-21-9-5-10-22-33)34-23-11-6-12-24-34)44(3,4)40-32-20-18-30-38(40)42(35-25-13-7-14-26-35)36-27-15-8-16-28-36/h5-32H,1-4H3. The van der Waals surface area contributed by atoms with Crippen LogP contribution in [0.4, 0.5) is 0 Å². The molecule has 0 heterocycles. The molecule has 0 bridgehead atoms. The van der Waals surface area contributed by atoms with Gasteiger partial charge in [0.05, 0.1) is 15.2 Å². The van der Waals surface area contributed by atoms with E-state index >= 15 is 0 Å². The van der Waals surface area contributed by atoms with Crippen LogP contribution in [0.3, 0.4) is 0 Å². The van der Waals surface area contributed by atoms with Gasteiger partial charge in [0.25, 0.3) is 0 Å². The average molecular weight is 639 g/mol. The quantitative estimate of drug-likeness (QED) is 0.121. The predicted molar refractivity (Wildman–Crippen MR) is 205 cm³/mol. The first kappa shape index (κ1) is 30.6. The molecule has 6 rings (SSSR count). The fourth-order valence-electron chi connectivity index (χ4n) is 6.23. The van der Waals surface area contributed by atoms with E-state index in [9.17, 15) is 0 Å². The summed E-state index contributed by atoms with van der Waals surface area (Å²) in [4.78, 5) is 0. The van der Waals surface area contributed by atoms with Crippen molar-refractivity contribution in [3.05, 3.63) is 170 Å². The lowest BCUT2D eigenvalue weighted by Crippen LogP contribution is -2.73. The molecule has 0 saturated carbocycles. The number of rotatable bonds is 9. The maximum atomic E-state index is 2.66. The molecular weight excluding hydrogens is 599 g/mol. The second-order valence-corrected chi connectivity index (χ2v) is 31.7. The Morgan fingerprint density at radius 3 is 0.795 bits per heavy atom. The molecule has 0 saturated heterocycles. The van der Waals surface area contributed by atoms with Gasteiger partial charge in [0.15, 0.2) is 0 Å². The summed E-state index contributed by atoms with van der Waals surface area (Å²) in [7, 11) is -5.43. The van der Waals surface area contributed by atoms with Crippen molar-refractivity contribution in [3.63, 3.8) is 0 Å². The summed E-state index contributed by atoms with van der Waals surface area (Å²) in [6.07, 6.45) is 0. The fourth-order valence-corrected chi connectivity index (χ4v) is 23.1. The van der Waals surface area contributed by atoms with Gasteiger partial charge in [-0.2, -0.15) is 0 Å². The molecular formula is C40H40P2Si2. The van der Waals surface area contributed by atoms with Crippen molar-refractivity contribution >= 4 is 73.2 Å². The van der Waals surface area contributed by atoms with E-state index in [1.165, 1.54) is 31.8 Å². The summed E-state index contributed by atoms with van der Waals surface area (Å²) < 4.78 is 0. The second-order valence-electron chi connectivity index (χ2n) is 12.3. The zero-order valence-corrected chi connectivity index (χ0v) is 29.8. The third-order valence-corrected chi connectivity index (χ3v) is 32.4. The molecule has 6 aromatic carbocycles. The molecule has 0 aliphatic rings. The van der Waals surface area contributed by atoms with E-state index in [0.717, 1.165) is 0 Å². The van der Waals surface area contributed by atoms with Gasteiger partial charge in [-0.15, -0.1) is 0 Å². The first-order valence-electron chi connectivity index (χ1n) is 15.4. The molecule has 4 heteroatoms. The van der Waals surface area contributed by atoms with E-state index in [1.54, 1.807) is 10.4 Å². The Hall–Kier alpha value is -3.39. The highest BCUT2D eigenvalue weighted by atomic mass is 31.1. The van der Waals surface area contributed by atoms with Crippen LogP contribution in [0, 0.1) is 0 Å². The summed E-state index contributed by atoms with van der Waals surface area (Å²) in [6, 6.07) is 63.7. The molecule has 0 aliphatic carbocycles. The van der Waals surface area contributed by atoms with Gasteiger partial charge in [-0.3, -0.25) is 0 Å². The third kappa shape index (κ3) is 5.98. The number of hydrogen-bond donors (Lipinski definition) is 0. The van der Waals surface area contributed by atoms with E-state index in [1.807, 2.05) is 0 Å². The molecule has 0 amide bonds. The SMILES string of the molecule is C[Si](C)(c1ccccc1P(c1ccccc1)c1ccccc1)[Si](C)(C)c1ccccc1P(c1ccccc1)c1ccccc1. The highest BCUT2D eigenvalue weighted by Crippen LogP contribution is 2.36. The molecule has 0 fully saturated rings. The normalized spacial score (nSPS) is 12.0. The first-order chi connectivity index (χ1) is 21.4. The molecule has 0 aliphatic heterocycles. The zero-order valence-electron chi connectivity index (χ0n) is 26.1. The maximum absolute atomic E-state index is 2.66. The van der Waals surface area contributed by atoms with Crippen molar-refractivity contribution in [2.75, 3.05) is 0 Å². The third-order valence-electron chi connectivity index (χ3n) is 9.26. The Morgan fingerprint density at radius 1 is 0.295 bits per heavy atom. The van der Waals surface area contributed by atoms with Gasteiger partial charge in [-0.1, -0.05) is 206 Å². The summed E-state index contributed by atoms with van der Waals surface area (Å²) in [5.74, 6) is 0. The summed E-state index contributed by atoms with van der Waals surface area (Å²) in [6.45, 7) is 10.6. The minimum atomic E-state index is -2.03. The number of benzene rings is 6. The Labute approximate surface area is 268 Å². The second kappa shape index (κ2) is 13.3. The Morgan fingerprint density at radius 2 is 0.523 bits per heavy atom. The van der Waals surface area contributed by atoms with Gasteiger partial charge >= 0.3 is 0 Å². The van der Waals surface area contributed by atoms with Crippen LogP contribution in [0.5, 0.6) is 0 Å². The lowest BCUT2D eigenvalue weighted by Gasteiger charge is -2.43. The van der Waals surface area contributed by atoms with Crippen LogP contribution in [0.15, 0.2) is 170 Å². The number of hydrogen-bond acceptors (Lipinski definition) is 0. The van der Waals surface area contributed by atoms with Crippen molar-refractivity contribution in [3.8, 4) is 0 Å². The Bertz CT molecular complexity index is 1590. The largest absolute Gasteiger partial charge is 0.0800 e. The Kier molecular flexibility index (Phi) is 9.27. The topological polar surface area (TPSA) is 0 Å². The van der Waals surface area contributed by atoms with Crippen LogP contribution in [-0.2, 0) is 0 Å². The van der Waals surface area contributed by atoms with E-state index in [2.05, 4.69) is 196 Å². The summed E-state index contributed by atoms with van der Waals surface area (Å²) in [5.41, 5.74) is 0. The van der Waals surface area contributed by atoms with E-state index in [-0.39, 0.29) is 0 Å².